The standard InChI is InChI=1S/C29H31NO7/c1-7-36-22-11-10-17(13-21(22)29(2,3)4)26(31)24-25(23-9-8-12-37-23)30(28(33)27(24)32)18-14-19(34-5)16-20(15-18)35-6/h8-16,25,31H,7H2,1-6H3/b26-24-. The average Bonchev–Trinajstić information content (AvgIpc) is 3.49. The Morgan fingerprint density at radius 3 is 2.24 bits per heavy atom. The molecule has 0 spiro atoms. The van der Waals surface area contributed by atoms with E-state index in [4.69, 9.17) is 18.6 Å². The Balaban J connectivity index is 1.93. The molecular formula is C29H31NO7. The smallest absolute Gasteiger partial charge is 0.300 e. The highest BCUT2D eigenvalue weighted by Gasteiger charge is 2.48. The van der Waals surface area contributed by atoms with E-state index >= 15 is 0 Å². The number of carbonyl (C=O) groups excluding carboxylic acids is 2. The van der Waals surface area contributed by atoms with Gasteiger partial charge in [0.25, 0.3) is 11.7 Å². The third kappa shape index (κ3) is 4.79. The molecule has 1 unspecified atom stereocenters. The molecule has 2 aromatic carbocycles. The van der Waals surface area contributed by atoms with Gasteiger partial charge in [-0.3, -0.25) is 14.5 Å². The number of hydrogen-bond acceptors (Lipinski definition) is 7. The molecule has 2 heterocycles. The number of benzene rings is 2. The second-order valence-corrected chi connectivity index (χ2v) is 9.65. The van der Waals surface area contributed by atoms with Gasteiger partial charge >= 0.3 is 0 Å². The van der Waals surface area contributed by atoms with Crippen LogP contribution in [0.15, 0.2) is 64.8 Å². The summed E-state index contributed by atoms with van der Waals surface area (Å²) in [6.45, 7) is 8.49. The Labute approximate surface area is 216 Å². The fourth-order valence-corrected chi connectivity index (χ4v) is 4.45. The summed E-state index contributed by atoms with van der Waals surface area (Å²) in [7, 11) is 2.99. The molecule has 1 aliphatic rings. The third-order valence-electron chi connectivity index (χ3n) is 6.23. The van der Waals surface area contributed by atoms with Crippen LogP contribution in [-0.4, -0.2) is 37.6 Å². The number of hydrogen-bond donors (Lipinski definition) is 1. The lowest BCUT2D eigenvalue weighted by atomic mass is 9.84. The molecule has 194 valence electrons. The number of ketones is 1. The van der Waals surface area contributed by atoms with Gasteiger partial charge in [-0.15, -0.1) is 0 Å². The highest BCUT2D eigenvalue weighted by Crippen LogP contribution is 2.44. The lowest BCUT2D eigenvalue weighted by molar-refractivity contribution is -0.132. The molecule has 1 aromatic heterocycles. The molecule has 8 nitrogen and oxygen atoms in total. The Hall–Kier alpha value is -4.20. The van der Waals surface area contributed by atoms with Crippen LogP contribution in [0.25, 0.3) is 5.76 Å². The number of aliphatic hydroxyl groups is 1. The first-order valence-corrected chi connectivity index (χ1v) is 12.0. The van der Waals surface area contributed by atoms with Crippen molar-refractivity contribution in [2.45, 2.75) is 39.2 Å². The van der Waals surface area contributed by atoms with Crippen molar-refractivity contribution in [3.05, 3.63) is 77.3 Å². The second kappa shape index (κ2) is 10.0. The minimum absolute atomic E-state index is 0.0780. The van der Waals surface area contributed by atoms with Crippen molar-refractivity contribution in [3.63, 3.8) is 0 Å². The maximum Gasteiger partial charge on any atom is 0.300 e. The largest absolute Gasteiger partial charge is 0.507 e. The SMILES string of the molecule is CCOc1ccc(/C(O)=C2/C(=O)C(=O)N(c3cc(OC)cc(OC)c3)C2c2ccco2)cc1C(C)(C)C. The Morgan fingerprint density at radius 1 is 1.03 bits per heavy atom. The Morgan fingerprint density at radius 2 is 1.70 bits per heavy atom. The van der Waals surface area contributed by atoms with Gasteiger partial charge < -0.3 is 23.7 Å². The van der Waals surface area contributed by atoms with Crippen molar-refractivity contribution in [2.24, 2.45) is 0 Å². The topological polar surface area (TPSA) is 98.4 Å². The van der Waals surface area contributed by atoms with Gasteiger partial charge in [0.05, 0.1) is 38.4 Å². The average molecular weight is 506 g/mol. The van der Waals surface area contributed by atoms with Crippen LogP contribution in [0.3, 0.4) is 0 Å². The number of anilines is 1. The maximum absolute atomic E-state index is 13.4. The van der Waals surface area contributed by atoms with E-state index in [2.05, 4.69) is 0 Å². The van der Waals surface area contributed by atoms with Crippen LogP contribution in [-0.2, 0) is 15.0 Å². The Bertz CT molecular complexity index is 1330. The molecule has 1 atom stereocenters. The number of aliphatic hydroxyl groups excluding tert-OH is 1. The summed E-state index contributed by atoms with van der Waals surface area (Å²) in [6.07, 6.45) is 1.45. The fraction of sp³-hybridized carbons (Fsp3) is 0.310. The summed E-state index contributed by atoms with van der Waals surface area (Å²) >= 11 is 0. The van der Waals surface area contributed by atoms with Crippen LogP contribution in [0, 0.1) is 0 Å². The van der Waals surface area contributed by atoms with E-state index in [0.717, 1.165) is 5.56 Å². The molecule has 8 heteroatoms. The van der Waals surface area contributed by atoms with Gasteiger partial charge in [-0.1, -0.05) is 20.8 Å². The first-order chi connectivity index (χ1) is 17.6. The van der Waals surface area contributed by atoms with Gasteiger partial charge in [0, 0.05) is 29.3 Å². The molecule has 0 saturated carbocycles. The van der Waals surface area contributed by atoms with Gasteiger partial charge in [-0.05, 0) is 42.7 Å². The number of nitrogens with zero attached hydrogens (tertiary/aromatic N) is 1. The van der Waals surface area contributed by atoms with E-state index in [1.807, 2.05) is 27.7 Å². The number of Topliss-reactive ketones (excluding diaryl/α,β-unsaturated/α-hetero) is 1. The fourth-order valence-electron chi connectivity index (χ4n) is 4.45. The lowest BCUT2D eigenvalue weighted by Gasteiger charge is -2.25. The number of methoxy groups -OCH3 is 2. The molecule has 0 bridgehead atoms. The van der Waals surface area contributed by atoms with E-state index < -0.39 is 17.7 Å². The quantitative estimate of drug-likeness (QED) is 0.253. The molecule has 1 amide bonds. The van der Waals surface area contributed by atoms with Crippen LogP contribution >= 0.6 is 0 Å². The molecule has 1 fully saturated rings. The number of rotatable bonds is 7. The van der Waals surface area contributed by atoms with Crippen LogP contribution in [0.4, 0.5) is 5.69 Å². The molecule has 1 saturated heterocycles. The van der Waals surface area contributed by atoms with Crippen LogP contribution in [0.2, 0.25) is 0 Å². The predicted octanol–water partition coefficient (Wildman–Crippen LogP) is 5.62. The van der Waals surface area contributed by atoms with E-state index in [0.29, 0.717) is 40.9 Å². The first kappa shape index (κ1) is 25.9. The van der Waals surface area contributed by atoms with Crippen LogP contribution in [0.1, 0.15) is 50.6 Å². The normalized spacial score (nSPS) is 17.2. The maximum atomic E-state index is 13.4. The summed E-state index contributed by atoms with van der Waals surface area (Å²) in [5.41, 5.74) is 1.24. The molecule has 0 aliphatic carbocycles. The summed E-state index contributed by atoms with van der Waals surface area (Å²) in [5, 5.41) is 11.5. The highest BCUT2D eigenvalue weighted by molar-refractivity contribution is 6.51. The molecule has 0 radical (unpaired) electrons. The lowest BCUT2D eigenvalue weighted by Crippen LogP contribution is -2.29. The molecular weight excluding hydrogens is 474 g/mol. The number of furan rings is 1. The second-order valence-electron chi connectivity index (χ2n) is 9.65. The highest BCUT2D eigenvalue weighted by atomic mass is 16.5. The number of carbonyl (C=O) groups is 2. The van der Waals surface area contributed by atoms with Crippen molar-refractivity contribution in [3.8, 4) is 17.2 Å². The summed E-state index contributed by atoms with van der Waals surface area (Å²) in [6, 6.07) is 12.5. The first-order valence-electron chi connectivity index (χ1n) is 12.0. The zero-order valence-electron chi connectivity index (χ0n) is 21.8. The van der Waals surface area contributed by atoms with E-state index in [1.54, 1.807) is 48.5 Å². The molecule has 3 aromatic rings. The summed E-state index contributed by atoms with van der Waals surface area (Å²) < 4.78 is 22.2. The predicted molar refractivity (Wildman–Crippen MR) is 139 cm³/mol. The van der Waals surface area contributed by atoms with Gasteiger partial charge in [-0.25, -0.2) is 0 Å². The zero-order valence-corrected chi connectivity index (χ0v) is 21.8. The number of amides is 1. The Kier molecular flexibility index (Phi) is 7.03. The van der Waals surface area contributed by atoms with Crippen LogP contribution < -0.4 is 19.1 Å². The van der Waals surface area contributed by atoms with Gasteiger partial charge in [0.1, 0.15) is 34.8 Å². The van der Waals surface area contributed by atoms with E-state index in [9.17, 15) is 14.7 Å². The monoisotopic (exact) mass is 505 g/mol. The minimum atomic E-state index is -1.00. The van der Waals surface area contributed by atoms with Crippen molar-refractivity contribution >= 4 is 23.1 Å². The van der Waals surface area contributed by atoms with Gasteiger partial charge in [-0.2, -0.15) is 0 Å². The van der Waals surface area contributed by atoms with E-state index in [1.165, 1.54) is 25.4 Å². The minimum Gasteiger partial charge on any atom is -0.507 e. The third-order valence-corrected chi connectivity index (χ3v) is 6.23. The van der Waals surface area contributed by atoms with Crippen LogP contribution in [0.5, 0.6) is 17.2 Å². The van der Waals surface area contributed by atoms with E-state index in [-0.39, 0.29) is 16.7 Å². The molecule has 37 heavy (non-hydrogen) atoms. The van der Waals surface area contributed by atoms with Crippen molar-refractivity contribution in [2.75, 3.05) is 25.7 Å². The van der Waals surface area contributed by atoms with Gasteiger partial charge in [0.15, 0.2) is 0 Å². The molecule has 1 N–H and O–H groups in total. The van der Waals surface area contributed by atoms with Crippen molar-refractivity contribution in [1.29, 1.82) is 0 Å². The molecule has 4 rings (SSSR count). The number of ether oxygens (including phenoxy) is 3. The van der Waals surface area contributed by atoms with Crippen molar-refractivity contribution < 1.29 is 33.3 Å². The van der Waals surface area contributed by atoms with Gasteiger partial charge in [0.2, 0.25) is 0 Å². The molecule has 1 aliphatic heterocycles. The summed E-state index contributed by atoms with van der Waals surface area (Å²) in [5.74, 6) is -0.0353. The zero-order chi connectivity index (χ0) is 26.9. The summed E-state index contributed by atoms with van der Waals surface area (Å²) in [4.78, 5) is 28.1. The van der Waals surface area contributed by atoms with Crippen molar-refractivity contribution in [1.82, 2.24) is 0 Å².